The molecular weight excluding hydrogens is 324 g/mol. The number of para-hydroxylation sites is 1. The number of aryl methyl sites for hydroxylation is 1. The summed E-state index contributed by atoms with van der Waals surface area (Å²) in [6.07, 6.45) is 2.41. The number of rotatable bonds is 5. The number of hydrogen-bond donors (Lipinski definition) is 1. The summed E-state index contributed by atoms with van der Waals surface area (Å²) in [5, 5.41) is 4.92. The number of nitrogens with one attached hydrogen (secondary N) is 1. The van der Waals surface area contributed by atoms with Crippen molar-refractivity contribution in [2.45, 2.75) is 13.3 Å². The summed E-state index contributed by atoms with van der Waals surface area (Å²) in [4.78, 5) is 19.2. The summed E-state index contributed by atoms with van der Waals surface area (Å²) in [5.41, 5.74) is 6.95. The van der Waals surface area contributed by atoms with Gasteiger partial charge < -0.3 is 4.90 Å². The second kappa shape index (κ2) is 7.78. The molecule has 1 heterocycles. The summed E-state index contributed by atoms with van der Waals surface area (Å²) in [6, 6.07) is 17.4. The van der Waals surface area contributed by atoms with Gasteiger partial charge in [-0.25, -0.2) is 5.43 Å². The van der Waals surface area contributed by atoms with E-state index in [0.29, 0.717) is 5.56 Å². The van der Waals surface area contributed by atoms with E-state index in [4.69, 9.17) is 0 Å². The Labute approximate surface area is 153 Å². The van der Waals surface area contributed by atoms with Crippen molar-refractivity contribution in [1.82, 2.24) is 10.4 Å². The van der Waals surface area contributed by atoms with E-state index in [-0.39, 0.29) is 5.91 Å². The number of hydrogen-bond acceptors (Lipinski definition) is 4. The molecular formula is C21H22N4O. The summed E-state index contributed by atoms with van der Waals surface area (Å²) >= 11 is 0. The third-order valence-corrected chi connectivity index (χ3v) is 4.17. The molecule has 0 fully saturated rings. The van der Waals surface area contributed by atoms with Crippen molar-refractivity contribution < 1.29 is 4.79 Å². The number of aromatic nitrogens is 1. The number of nitrogens with zero attached hydrogens (tertiary/aromatic N) is 3. The van der Waals surface area contributed by atoms with E-state index in [1.807, 2.05) is 80.5 Å². The van der Waals surface area contributed by atoms with Crippen LogP contribution in [0.25, 0.3) is 10.9 Å². The predicted octanol–water partition coefficient (Wildman–Crippen LogP) is 3.63. The molecule has 1 aromatic heterocycles. The lowest BCUT2D eigenvalue weighted by Gasteiger charge is -2.11. The van der Waals surface area contributed by atoms with Crippen LogP contribution in [-0.2, 0) is 6.42 Å². The Kier molecular flexibility index (Phi) is 5.27. The molecule has 3 rings (SSSR count). The van der Waals surface area contributed by atoms with Crippen molar-refractivity contribution in [3.63, 3.8) is 0 Å². The zero-order valence-corrected chi connectivity index (χ0v) is 15.2. The van der Waals surface area contributed by atoms with Gasteiger partial charge in [0.2, 0.25) is 0 Å². The fraction of sp³-hybridized carbons (Fsp3) is 0.190. The molecule has 5 heteroatoms. The van der Waals surface area contributed by atoms with E-state index in [1.54, 1.807) is 6.21 Å². The van der Waals surface area contributed by atoms with E-state index in [1.165, 1.54) is 0 Å². The summed E-state index contributed by atoms with van der Waals surface area (Å²) in [5.74, 6) is -0.237. The first-order chi connectivity index (χ1) is 12.6. The molecule has 132 valence electrons. The Bertz CT molecular complexity index is 946. The summed E-state index contributed by atoms with van der Waals surface area (Å²) < 4.78 is 0. The number of amides is 1. The van der Waals surface area contributed by atoms with Crippen LogP contribution in [-0.4, -0.2) is 31.2 Å². The van der Waals surface area contributed by atoms with Crippen LogP contribution in [0.4, 0.5) is 5.69 Å². The van der Waals surface area contributed by atoms with E-state index in [2.05, 4.69) is 15.5 Å². The second-order valence-corrected chi connectivity index (χ2v) is 6.22. The molecule has 0 aliphatic heterocycles. The van der Waals surface area contributed by atoms with Gasteiger partial charge in [0.25, 0.3) is 5.91 Å². The normalized spacial score (nSPS) is 11.0. The fourth-order valence-corrected chi connectivity index (χ4v) is 2.68. The molecule has 0 aliphatic rings. The van der Waals surface area contributed by atoms with Gasteiger partial charge in [0.15, 0.2) is 0 Å². The van der Waals surface area contributed by atoms with Crippen LogP contribution >= 0.6 is 0 Å². The largest absolute Gasteiger partial charge is 0.378 e. The quantitative estimate of drug-likeness (QED) is 0.567. The minimum Gasteiger partial charge on any atom is -0.378 e. The molecule has 26 heavy (non-hydrogen) atoms. The van der Waals surface area contributed by atoms with Crippen LogP contribution in [0.15, 0.2) is 59.7 Å². The van der Waals surface area contributed by atoms with Gasteiger partial charge in [0.05, 0.1) is 17.3 Å². The number of pyridine rings is 1. The predicted molar refractivity (Wildman–Crippen MR) is 107 cm³/mol. The molecule has 0 spiro atoms. The average Bonchev–Trinajstić information content (AvgIpc) is 2.67. The van der Waals surface area contributed by atoms with Crippen LogP contribution < -0.4 is 10.3 Å². The van der Waals surface area contributed by atoms with Crippen LogP contribution in [0.3, 0.4) is 0 Å². The van der Waals surface area contributed by atoms with Gasteiger partial charge in [-0.05, 0) is 36.2 Å². The fourth-order valence-electron chi connectivity index (χ4n) is 2.68. The standard InChI is InChI=1S/C21H22N4O/c1-4-16-13-19(18-7-5-6-8-20(18)23-16)21(26)24-22-14-15-9-11-17(12-10-15)25(2)3/h5-14H,4H2,1-3H3,(H,24,26). The van der Waals surface area contributed by atoms with Crippen molar-refractivity contribution in [3.8, 4) is 0 Å². The topological polar surface area (TPSA) is 57.6 Å². The SMILES string of the molecule is CCc1cc(C(=O)NN=Cc2ccc(N(C)C)cc2)c2ccccc2n1. The number of carbonyl (C=O) groups is 1. The molecule has 3 aromatic rings. The lowest BCUT2D eigenvalue weighted by atomic mass is 10.1. The molecule has 1 N–H and O–H groups in total. The molecule has 0 bridgehead atoms. The monoisotopic (exact) mass is 346 g/mol. The van der Waals surface area contributed by atoms with Crippen molar-refractivity contribution in [1.29, 1.82) is 0 Å². The van der Waals surface area contributed by atoms with E-state index in [9.17, 15) is 4.79 Å². The highest BCUT2D eigenvalue weighted by Gasteiger charge is 2.11. The molecule has 0 saturated carbocycles. The number of hydrazone groups is 1. The maximum absolute atomic E-state index is 12.6. The highest BCUT2D eigenvalue weighted by atomic mass is 16.2. The molecule has 0 atom stereocenters. The first kappa shape index (κ1) is 17.6. The molecule has 2 aromatic carbocycles. The molecule has 1 amide bonds. The number of fused-ring (bicyclic) bond motifs is 1. The van der Waals surface area contributed by atoms with Gasteiger partial charge in [0.1, 0.15) is 0 Å². The van der Waals surface area contributed by atoms with Crippen LogP contribution in [0.2, 0.25) is 0 Å². The molecule has 0 aliphatic carbocycles. The minimum absolute atomic E-state index is 0.237. The molecule has 0 radical (unpaired) electrons. The smallest absolute Gasteiger partial charge is 0.272 e. The van der Waals surface area contributed by atoms with E-state index in [0.717, 1.165) is 34.3 Å². The van der Waals surface area contributed by atoms with E-state index < -0.39 is 0 Å². The van der Waals surface area contributed by atoms with Crippen molar-refractivity contribution in [3.05, 3.63) is 71.4 Å². The summed E-state index contributed by atoms with van der Waals surface area (Å²) in [7, 11) is 3.99. The first-order valence-corrected chi connectivity index (χ1v) is 8.58. The highest BCUT2D eigenvalue weighted by Crippen LogP contribution is 2.18. The third-order valence-electron chi connectivity index (χ3n) is 4.17. The Morgan fingerprint density at radius 1 is 1.15 bits per heavy atom. The number of carbonyl (C=O) groups excluding carboxylic acids is 1. The zero-order valence-electron chi connectivity index (χ0n) is 15.2. The molecule has 5 nitrogen and oxygen atoms in total. The Morgan fingerprint density at radius 2 is 1.88 bits per heavy atom. The van der Waals surface area contributed by atoms with Gasteiger partial charge in [-0.2, -0.15) is 5.10 Å². The molecule has 0 saturated heterocycles. The highest BCUT2D eigenvalue weighted by molar-refractivity contribution is 6.06. The summed E-state index contributed by atoms with van der Waals surface area (Å²) in [6.45, 7) is 2.02. The maximum atomic E-state index is 12.6. The number of anilines is 1. The lowest BCUT2D eigenvalue weighted by molar-refractivity contribution is 0.0956. The van der Waals surface area contributed by atoms with Crippen molar-refractivity contribution >= 4 is 28.7 Å². The lowest BCUT2D eigenvalue weighted by Crippen LogP contribution is -2.18. The van der Waals surface area contributed by atoms with E-state index >= 15 is 0 Å². The van der Waals surface area contributed by atoms with Crippen LogP contribution in [0, 0.1) is 0 Å². The van der Waals surface area contributed by atoms with Gasteiger partial charge in [-0.3, -0.25) is 9.78 Å². The van der Waals surface area contributed by atoms with Crippen LogP contribution in [0.1, 0.15) is 28.5 Å². The third kappa shape index (κ3) is 3.88. The number of benzene rings is 2. The minimum atomic E-state index is -0.237. The van der Waals surface area contributed by atoms with Crippen molar-refractivity contribution in [2.24, 2.45) is 5.10 Å². The van der Waals surface area contributed by atoms with Gasteiger partial charge in [-0.15, -0.1) is 0 Å². The Morgan fingerprint density at radius 3 is 2.58 bits per heavy atom. The van der Waals surface area contributed by atoms with Crippen LogP contribution in [0.5, 0.6) is 0 Å². The second-order valence-electron chi connectivity index (χ2n) is 6.22. The maximum Gasteiger partial charge on any atom is 0.272 e. The first-order valence-electron chi connectivity index (χ1n) is 8.58. The van der Waals surface area contributed by atoms with Crippen molar-refractivity contribution in [2.75, 3.05) is 19.0 Å². The Balaban J connectivity index is 1.79. The van der Waals surface area contributed by atoms with Gasteiger partial charge in [0, 0.05) is 30.9 Å². The zero-order chi connectivity index (χ0) is 18.5. The average molecular weight is 346 g/mol. The van der Waals surface area contributed by atoms with Gasteiger partial charge in [-0.1, -0.05) is 37.3 Å². The molecule has 0 unspecified atom stereocenters. The Hall–Kier alpha value is -3.21. The van der Waals surface area contributed by atoms with Gasteiger partial charge >= 0.3 is 0 Å².